The Hall–Kier alpha value is -0.750. The molecule has 0 bridgehead atoms. The summed E-state index contributed by atoms with van der Waals surface area (Å²) >= 11 is 5.88. The molecule has 1 rings (SSSR count). The Labute approximate surface area is 110 Å². The number of aliphatic hydroxyl groups excluding tert-OH is 1. The Morgan fingerprint density at radius 1 is 1.39 bits per heavy atom. The first-order valence-electron chi connectivity index (χ1n) is 5.67. The summed E-state index contributed by atoms with van der Waals surface area (Å²) in [5.41, 5.74) is 6.43. The van der Waals surface area contributed by atoms with E-state index in [0.717, 1.165) is 5.56 Å². The molecule has 102 valence electrons. The highest BCUT2D eigenvalue weighted by atomic mass is 35.5. The molecule has 0 fully saturated rings. The van der Waals surface area contributed by atoms with E-state index in [1.807, 2.05) is 0 Å². The first-order valence-corrected chi connectivity index (χ1v) is 6.05. The standard InChI is InChI=1S/C12H17ClF2N2O/c13-10-3-1-2-9(6-10)11(7-16)17(4-5-18)8-12(14)15/h1-3,6,11-12,18H,4-5,7-8,16H2. The summed E-state index contributed by atoms with van der Waals surface area (Å²) in [5, 5.41) is 9.48. The highest BCUT2D eigenvalue weighted by molar-refractivity contribution is 6.30. The van der Waals surface area contributed by atoms with Gasteiger partial charge in [0.25, 0.3) is 6.43 Å². The van der Waals surface area contributed by atoms with Gasteiger partial charge in [-0.2, -0.15) is 0 Å². The van der Waals surface area contributed by atoms with E-state index in [9.17, 15) is 8.78 Å². The number of nitrogens with zero attached hydrogens (tertiary/aromatic N) is 1. The largest absolute Gasteiger partial charge is 0.395 e. The summed E-state index contributed by atoms with van der Waals surface area (Å²) < 4.78 is 25.0. The zero-order valence-electron chi connectivity index (χ0n) is 9.90. The number of rotatable bonds is 7. The van der Waals surface area contributed by atoms with Crippen LogP contribution in [0.3, 0.4) is 0 Å². The van der Waals surface area contributed by atoms with Crippen LogP contribution in [0.5, 0.6) is 0 Å². The highest BCUT2D eigenvalue weighted by Crippen LogP contribution is 2.23. The summed E-state index contributed by atoms with van der Waals surface area (Å²) in [4.78, 5) is 1.47. The van der Waals surface area contributed by atoms with E-state index in [1.54, 1.807) is 24.3 Å². The average molecular weight is 279 g/mol. The molecule has 0 aliphatic heterocycles. The van der Waals surface area contributed by atoms with Gasteiger partial charge >= 0.3 is 0 Å². The molecule has 0 aromatic heterocycles. The molecule has 0 aliphatic carbocycles. The molecule has 1 atom stereocenters. The zero-order chi connectivity index (χ0) is 13.5. The van der Waals surface area contributed by atoms with Gasteiger partial charge in [-0.05, 0) is 17.7 Å². The molecule has 0 heterocycles. The predicted molar refractivity (Wildman–Crippen MR) is 67.9 cm³/mol. The first kappa shape index (κ1) is 15.3. The Kier molecular flexibility index (Phi) is 6.49. The lowest BCUT2D eigenvalue weighted by Crippen LogP contribution is -2.38. The van der Waals surface area contributed by atoms with Gasteiger partial charge in [-0.15, -0.1) is 0 Å². The highest BCUT2D eigenvalue weighted by Gasteiger charge is 2.22. The summed E-state index contributed by atoms with van der Waals surface area (Å²) in [6, 6.07) is 6.58. The number of hydrogen-bond acceptors (Lipinski definition) is 3. The van der Waals surface area contributed by atoms with Crippen LogP contribution in [0.15, 0.2) is 24.3 Å². The Bertz CT molecular complexity index is 366. The Morgan fingerprint density at radius 3 is 2.61 bits per heavy atom. The van der Waals surface area contributed by atoms with Crippen molar-refractivity contribution in [3.63, 3.8) is 0 Å². The minimum Gasteiger partial charge on any atom is -0.395 e. The van der Waals surface area contributed by atoms with Crippen molar-refractivity contribution in [1.82, 2.24) is 4.90 Å². The van der Waals surface area contributed by atoms with Gasteiger partial charge in [0.15, 0.2) is 0 Å². The lowest BCUT2D eigenvalue weighted by atomic mass is 10.1. The fourth-order valence-corrected chi connectivity index (χ4v) is 2.09. The van der Waals surface area contributed by atoms with Gasteiger partial charge < -0.3 is 10.8 Å². The molecule has 1 aromatic rings. The second-order valence-electron chi connectivity index (χ2n) is 3.92. The van der Waals surface area contributed by atoms with Crippen molar-refractivity contribution in [2.24, 2.45) is 5.73 Å². The van der Waals surface area contributed by atoms with Gasteiger partial charge in [-0.25, -0.2) is 8.78 Å². The third-order valence-electron chi connectivity index (χ3n) is 2.66. The molecule has 18 heavy (non-hydrogen) atoms. The van der Waals surface area contributed by atoms with Crippen LogP contribution in [0.2, 0.25) is 5.02 Å². The van der Waals surface area contributed by atoms with Crippen LogP contribution >= 0.6 is 11.6 Å². The monoisotopic (exact) mass is 278 g/mol. The van der Waals surface area contributed by atoms with E-state index in [2.05, 4.69) is 0 Å². The minimum absolute atomic E-state index is 0.152. The van der Waals surface area contributed by atoms with Crippen LogP contribution < -0.4 is 5.73 Å². The second kappa shape index (κ2) is 7.63. The van der Waals surface area contributed by atoms with Crippen molar-refractivity contribution in [3.8, 4) is 0 Å². The van der Waals surface area contributed by atoms with E-state index < -0.39 is 13.0 Å². The van der Waals surface area contributed by atoms with Gasteiger partial charge in [0.2, 0.25) is 0 Å². The van der Waals surface area contributed by atoms with Gasteiger partial charge in [-0.1, -0.05) is 23.7 Å². The summed E-state index contributed by atoms with van der Waals surface area (Å²) in [7, 11) is 0. The third kappa shape index (κ3) is 4.49. The average Bonchev–Trinajstić information content (AvgIpc) is 2.29. The van der Waals surface area contributed by atoms with Crippen molar-refractivity contribution in [1.29, 1.82) is 0 Å². The van der Waals surface area contributed by atoms with Gasteiger partial charge in [-0.3, -0.25) is 4.90 Å². The summed E-state index contributed by atoms with van der Waals surface area (Å²) in [5.74, 6) is 0. The Morgan fingerprint density at radius 2 is 2.11 bits per heavy atom. The molecule has 0 aliphatic rings. The maximum absolute atomic E-state index is 12.5. The van der Waals surface area contributed by atoms with Gasteiger partial charge in [0.1, 0.15) is 0 Å². The topological polar surface area (TPSA) is 49.5 Å². The number of alkyl halides is 2. The first-order chi connectivity index (χ1) is 8.58. The van der Waals surface area contributed by atoms with Crippen molar-refractivity contribution in [2.75, 3.05) is 26.2 Å². The molecule has 0 radical (unpaired) electrons. The molecule has 6 heteroatoms. The summed E-state index contributed by atoms with van der Waals surface area (Å²) in [6.45, 7) is -0.273. The van der Waals surface area contributed by atoms with E-state index in [0.29, 0.717) is 5.02 Å². The second-order valence-corrected chi connectivity index (χ2v) is 4.35. The van der Waals surface area contributed by atoms with Crippen LogP contribution in [-0.2, 0) is 0 Å². The van der Waals surface area contributed by atoms with Crippen LogP contribution in [0.1, 0.15) is 11.6 Å². The number of aliphatic hydroxyl groups is 1. The molecule has 0 saturated heterocycles. The van der Waals surface area contributed by atoms with E-state index in [1.165, 1.54) is 4.90 Å². The number of benzene rings is 1. The molecule has 3 nitrogen and oxygen atoms in total. The fraction of sp³-hybridized carbons (Fsp3) is 0.500. The molecule has 1 unspecified atom stereocenters. The van der Waals surface area contributed by atoms with E-state index in [-0.39, 0.29) is 25.7 Å². The van der Waals surface area contributed by atoms with Crippen molar-refractivity contribution < 1.29 is 13.9 Å². The number of halogens is 3. The maximum Gasteiger partial charge on any atom is 0.251 e. The molecule has 0 spiro atoms. The van der Waals surface area contributed by atoms with Gasteiger partial charge in [0.05, 0.1) is 13.2 Å². The molecule has 0 amide bonds. The number of hydrogen-bond donors (Lipinski definition) is 2. The smallest absolute Gasteiger partial charge is 0.251 e. The van der Waals surface area contributed by atoms with E-state index >= 15 is 0 Å². The Balaban J connectivity index is 2.90. The maximum atomic E-state index is 12.5. The quantitative estimate of drug-likeness (QED) is 0.801. The fourth-order valence-electron chi connectivity index (χ4n) is 1.89. The van der Waals surface area contributed by atoms with Crippen molar-refractivity contribution in [2.45, 2.75) is 12.5 Å². The third-order valence-corrected chi connectivity index (χ3v) is 2.89. The molecular weight excluding hydrogens is 262 g/mol. The lowest BCUT2D eigenvalue weighted by Gasteiger charge is -2.30. The predicted octanol–water partition coefficient (Wildman–Crippen LogP) is 1.90. The zero-order valence-corrected chi connectivity index (χ0v) is 10.7. The van der Waals surface area contributed by atoms with Gasteiger partial charge in [0, 0.05) is 24.2 Å². The minimum atomic E-state index is -2.47. The summed E-state index contributed by atoms with van der Waals surface area (Å²) in [6.07, 6.45) is -2.47. The SMILES string of the molecule is NCC(c1cccc(Cl)c1)N(CCO)CC(F)F. The molecule has 0 saturated carbocycles. The normalized spacial score (nSPS) is 13.3. The van der Waals surface area contributed by atoms with Crippen LogP contribution in [0.4, 0.5) is 8.78 Å². The molecule has 1 aromatic carbocycles. The van der Waals surface area contributed by atoms with Crippen LogP contribution in [-0.4, -0.2) is 42.7 Å². The lowest BCUT2D eigenvalue weighted by molar-refractivity contribution is 0.0562. The van der Waals surface area contributed by atoms with Crippen molar-refractivity contribution in [3.05, 3.63) is 34.9 Å². The molecule has 3 N–H and O–H groups in total. The van der Waals surface area contributed by atoms with Crippen LogP contribution in [0.25, 0.3) is 0 Å². The van der Waals surface area contributed by atoms with E-state index in [4.69, 9.17) is 22.4 Å². The number of nitrogens with two attached hydrogens (primary N) is 1. The molecular formula is C12H17ClF2N2O. The van der Waals surface area contributed by atoms with Crippen molar-refractivity contribution >= 4 is 11.6 Å². The van der Waals surface area contributed by atoms with Crippen LogP contribution in [0, 0.1) is 0 Å².